The van der Waals surface area contributed by atoms with Crippen molar-refractivity contribution in [1.82, 2.24) is 5.32 Å². The smallest absolute Gasteiger partial charge is 0.423 e. The minimum atomic E-state index is -1.51. The number of hydrogen-bond acceptors (Lipinski definition) is 3. The second kappa shape index (κ2) is 9.74. The van der Waals surface area contributed by atoms with Crippen LogP contribution in [-0.4, -0.2) is 28.6 Å². The maximum Gasteiger partial charge on any atom is 0.488 e. The minimum absolute atomic E-state index is 0.0824. The number of benzene rings is 1. The number of carbonyl (C=O) groups excluding carboxylic acids is 1. The lowest BCUT2D eigenvalue weighted by molar-refractivity contribution is 0.0849. The van der Waals surface area contributed by atoms with E-state index in [9.17, 15) is 14.8 Å². The van der Waals surface area contributed by atoms with Gasteiger partial charge in [0.15, 0.2) is 0 Å². The van der Waals surface area contributed by atoms with Gasteiger partial charge in [0.1, 0.15) is 0 Å². The van der Waals surface area contributed by atoms with E-state index in [0.29, 0.717) is 16.9 Å². The van der Waals surface area contributed by atoms with E-state index in [1.165, 1.54) is 38.5 Å². The second-order valence-corrected chi connectivity index (χ2v) is 8.57. The molecular formula is C22H36BNO3. The molecule has 0 radical (unpaired) electrons. The zero-order valence-electron chi connectivity index (χ0n) is 17.4. The zero-order valence-corrected chi connectivity index (χ0v) is 17.4. The lowest BCUT2D eigenvalue weighted by Crippen LogP contribution is -2.51. The molecule has 4 nitrogen and oxygen atoms in total. The molecule has 0 bridgehead atoms. The Morgan fingerprint density at radius 1 is 1.19 bits per heavy atom. The molecule has 1 aliphatic rings. The summed E-state index contributed by atoms with van der Waals surface area (Å²) in [6.07, 6.45) is 8.32. The van der Waals surface area contributed by atoms with E-state index >= 15 is 0 Å². The van der Waals surface area contributed by atoms with Crippen LogP contribution < -0.4 is 10.8 Å². The third-order valence-electron chi connectivity index (χ3n) is 6.97. The quantitative estimate of drug-likeness (QED) is 0.506. The average Bonchev–Trinajstić information content (AvgIpc) is 2.94. The molecule has 0 spiro atoms. The molecule has 1 aromatic carbocycles. The molecule has 1 aliphatic carbocycles. The van der Waals surface area contributed by atoms with Crippen molar-refractivity contribution in [2.75, 3.05) is 0 Å². The van der Waals surface area contributed by atoms with Crippen LogP contribution in [0.5, 0.6) is 0 Å². The van der Waals surface area contributed by atoms with Crippen molar-refractivity contribution >= 4 is 18.5 Å². The predicted octanol–water partition coefficient (Wildman–Crippen LogP) is 3.51. The number of nitrogens with one attached hydrogen (secondary N) is 1. The largest absolute Gasteiger partial charge is 0.488 e. The molecule has 5 heteroatoms. The first-order chi connectivity index (χ1) is 12.8. The van der Waals surface area contributed by atoms with Gasteiger partial charge in [-0.15, -0.1) is 0 Å². The van der Waals surface area contributed by atoms with Crippen molar-refractivity contribution in [3.05, 3.63) is 29.8 Å². The van der Waals surface area contributed by atoms with E-state index in [2.05, 4.69) is 33.0 Å². The first-order valence-corrected chi connectivity index (χ1v) is 10.6. The molecular weight excluding hydrogens is 337 g/mol. The van der Waals surface area contributed by atoms with Crippen LogP contribution in [0.25, 0.3) is 0 Å². The van der Waals surface area contributed by atoms with E-state index in [1.807, 2.05) is 0 Å². The Kier molecular flexibility index (Phi) is 7.93. The zero-order chi connectivity index (χ0) is 20.0. The predicted molar refractivity (Wildman–Crippen MR) is 112 cm³/mol. The molecule has 1 saturated carbocycles. The maximum atomic E-state index is 12.8. The summed E-state index contributed by atoms with van der Waals surface area (Å²) in [5.74, 6) is 2.01. The number of carbonyl (C=O) groups is 1. The van der Waals surface area contributed by atoms with Crippen LogP contribution in [0.4, 0.5) is 0 Å². The standard InChI is InChI=1S/C22H36BNO3/c1-5-16(3)17-8-7-9-19(13-10-17)22(4,6-2)24-21(25)18-11-14-20(15-12-18)23(26)27/h11-12,14-17,19,26-27H,5-10,13H2,1-4H3,(H,24,25). The molecule has 1 aromatic rings. The minimum Gasteiger partial charge on any atom is -0.423 e. The van der Waals surface area contributed by atoms with Gasteiger partial charge in [-0.25, -0.2) is 0 Å². The molecule has 1 fully saturated rings. The van der Waals surface area contributed by atoms with Crippen molar-refractivity contribution in [1.29, 1.82) is 0 Å². The van der Waals surface area contributed by atoms with Gasteiger partial charge in [0, 0.05) is 11.1 Å². The van der Waals surface area contributed by atoms with Gasteiger partial charge in [-0.3, -0.25) is 4.79 Å². The highest BCUT2D eigenvalue weighted by Crippen LogP contribution is 2.38. The van der Waals surface area contributed by atoms with Crippen LogP contribution in [0.15, 0.2) is 24.3 Å². The normalized spacial score (nSPS) is 23.8. The van der Waals surface area contributed by atoms with Gasteiger partial charge in [0.05, 0.1) is 0 Å². The van der Waals surface area contributed by atoms with Gasteiger partial charge in [-0.2, -0.15) is 0 Å². The molecule has 0 aliphatic heterocycles. The Balaban J connectivity index is 2.06. The van der Waals surface area contributed by atoms with Crippen LogP contribution in [0, 0.1) is 17.8 Å². The summed E-state index contributed by atoms with van der Waals surface area (Å²) in [4.78, 5) is 12.8. The Labute approximate surface area is 164 Å². The lowest BCUT2D eigenvalue weighted by atomic mass is 9.77. The van der Waals surface area contributed by atoms with Crippen molar-refractivity contribution < 1.29 is 14.8 Å². The molecule has 0 heterocycles. The van der Waals surface area contributed by atoms with Crippen LogP contribution in [0.2, 0.25) is 0 Å². The molecule has 3 N–H and O–H groups in total. The first kappa shape index (κ1) is 22.0. The van der Waals surface area contributed by atoms with Crippen LogP contribution >= 0.6 is 0 Å². The van der Waals surface area contributed by atoms with E-state index in [0.717, 1.165) is 18.3 Å². The molecule has 27 heavy (non-hydrogen) atoms. The Morgan fingerprint density at radius 3 is 2.41 bits per heavy atom. The Bertz CT molecular complexity index is 604. The second-order valence-electron chi connectivity index (χ2n) is 8.57. The monoisotopic (exact) mass is 373 g/mol. The van der Waals surface area contributed by atoms with Gasteiger partial charge in [-0.1, -0.05) is 52.2 Å². The van der Waals surface area contributed by atoms with E-state index in [1.54, 1.807) is 24.3 Å². The topological polar surface area (TPSA) is 69.6 Å². The van der Waals surface area contributed by atoms with Crippen molar-refractivity contribution in [3.8, 4) is 0 Å². The van der Waals surface area contributed by atoms with Crippen molar-refractivity contribution in [2.45, 2.75) is 78.2 Å². The van der Waals surface area contributed by atoms with Crippen molar-refractivity contribution in [2.24, 2.45) is 17.8 Å². The van der Waals surface area contributed by atoms with Gasteiger partial charge >= 0.3 is 7.12 Å². The summed E-state index contributed by atoms with van der Waals surface area (Å²) in [5.41, 5.74) is 0.742. The third kappa shape index (κ3) is 5.58. The van der Waals surface area contributed by atoms with E-state index in [4.69, 9.17) is 0 Å². The number of hydrogen-bond donors (Lipinski definition) is 3. The fraction of sp³-hybridized carbons (Fsp3) is 0.682. The van der Waals surface area contributed by atoms with E-state index in [-0.39, 0.29) is 11.4 Å². The summed E-state index contributed by atoms with van der Waals surface area (Å²) in [6.45, 7) is 9.00. The number of rotatable bonds is 7. The van der Waals surface area contributed by atoms with Crippen molar-refractivity contribution in [3.63, 3.8) is 0 Å². The highest BCUT2D eigenvalue weighted by molar-refractivity contribution is 6.58. The van der Waals surface area contributed by atoms with Gasteiger partial charge in [0.2, 0.25) is 0 Å². The van der Waals surface area contributed by atoms with Crippen LogP contribution in [0.1, 0.15) is 83.0 Å². The molecule has 0 saturated heterocycles. The summed E-state index contributed by atoms with van der Waals surface area (Å²) in [5, 5.41) is 21.7. The maximum absolute atomic E-state index is 12.8. The third-order valence-corrected chi connectivity index (χ3v) is 6.97. The summed E-state index contributed by atoms with van der Waals surface area (Å²) in [7, 11) is -1.51. The molecule has 4 atom stereocenters. The van der Waals surface area contributed by atoms with Gasteiger partial charge in [-0.05, 0) is 68.0 Å². The molecule has 0 aromatic heterocycles. The number of amides is 1. The lowest BCUT2D eigenvalue weighted by Gasteiger charge is -2.38. The highest BCUT2D eigenvalue weighted by atomic mass is 16.4. The fourth-order valence-electron chi connectivity index (χ4n) is 4.49. The van der Waals surface area contributed by atoms with E-state index < -0.39 is 7.12 Å². The summed E-state index contributed by atoms with van der Waals surface area (Å²) < 4.78 is 0. The van der Waals surface area contributed by atoms with Crippen LogP contribution in [0.3, 0.4) is 0 Å². The first-order valence-electron chi connectivity index (χ1n) is 10.6. The Morgan fingerprint density at radius 2 is 1.85 bits per heavy atom. The Hall–Kier alpha value is -1.33. The molecule has 2 rings (SSSR count). The van der Waals surface area contributed by atoms with Gasteiger partial charge < -0.3 is 15.4 Å². The molecule has 4 unspecified atom stereocenters. The summed E-state index contributed by atoms with van der Waals surface area (Å²) >= 11 is 0. The fourth-order valence-corrected chi connectivity index (χ4v) is 4.49. The molecule has 150 valence electrons. The van der Waals surface area contributed by atoms with Gasteiger partial charge in [0.25, 0.3) is 5.91 Å². The highest BCUT2D eigenvalue weighted by Gasteiger charge is 2.36. The molecule has 1 amide bonds. The van der Waals surface area contributed by atoms with Crippen LogP contribution in [-0.2, 0) is 0 Å². The SMILES string of the molecule is CCC(C)C1CCCC(C(C)(CC)NC(=O)c2ccc(B(O)O)cc2)CC1. The average molecular weight is 373 g/mol. The summed E-state index contributed by atoms with van der Waals surface area (Å²) in [6, 6.07) is 6.50.